The van der Waals surface area contributed by atoms with Crippen LogP contribution in [0.4, 0.5) is 0 Å². The van der Waals surface area contributed by atoms with E-state index in [-0.39, 0.29) is 29.5 Å². The summed E-state index contributed by atoms with van der Waals surface area (Å²) in [5.74, 6) is -1.65. The molecular formula is C34H44N6O6. The zero-order chi connectivity index (χ0) is 33.8. The molecule has 0 radical (unpaired) electrons. The maximum Gasteiger partial charge on any atom is 0.286 e. The summed E-state index contributed by atoms with van der Waals surface area (Å²) in [7, 11) is 1.54. The van der Waals surface area contributed by atoms with Gasteiger partial charge in [0.2, 0.25) is 23.5 Å². The predicted octanol–water partition coefficient (Wildman–Crippen LogP) is 3.88. The number of nitrogens with one attached hydrogen (secondary N) is 2. The maximum atomic E-state index is 13.8. The number of Topliss-reactive ketones (excluding diaryl/α,β-unsaturated/α-hetero) is 1. The minimum absolute atomic E-state index is 0.213. The minimum atomic E-state index is -0.963. The van der Waals surface area contributed by atoms with E-state index < -0.39 is 41.1 Å². The van der Waals surface area contributed by atoms with Gasteiger partial charge in [-0.15, -0.1) is 10.2 Å². The fraction of sp³-hybridized carbons (Fsp3) is 0.500. The number of hydrogen-bond acceptors (Lipinski definition) is 9. The SMILES string of the molecule is COc1ccc(C(=O)N[C@H](C(=O)N2CCC[C@H]2C(=O)N[C@@H](C(=O)c2nnc(C(C)(C)c3ccc(C)cn3)o2)C(C)C)C(C)C)cc1. The molecule has 0 spiro atoms. The number of carbonyl (C=O) groups is 4. The first-order valence-corrected chi connectivity index (χ1v) is 15.6. The van der Waals surface area contributed by atoms with Crippen molar-refractivity contribution >= 4 is 23.5 Å². The Hall–Kier alpha value is -4.61. The Morgan fingerprint density at radius 3 is 2.22 bits per heavy atom. The van der Waals surface area contributed by atoms with E-state index in [1.54, 1.807) is 44.3 Å². The molecule has 2 N–H and O–H groups in total. The molecule has 0 bridgehead atoms. The Kier molecular flexibility index (Phi) is 10.6. The molecule has 0 saturated carbocycles. The van der Waals surface area contributed by atoms with Crippen LogP contribution in [0.2, 0.25) is 0 Å². The average molecular weight is 633 g/mol. The Morgan fingerprint density at radius 1 is 0.957 bits per heavy atom. The lowest BCUT2D eigenvalue weighted by atomic mass is 9.88. The zero-order valence-electron chi connectivity index (χ0n) is 27.8. The van der Waals surface area contributed by atoms with Crippen molar-refractivity contribution in [3.05, 3.63) is 71.2 Å². The van der Waals surface area contributed by atoms with Crippen molar-refractivity contribution in [2.45, 2.75) is 84.8 Å². The smallest absolute Gasteiger partial charge is 0.286 e. The molecule has 0 unspecified atom stereocenters. The van der Waals surface area contributed by atoms with Crippen LogP contribution in [0.5, 0.6) is 5.75 Å². The van der Waals surface area contributed by atoms with Crippen LogP contribution in [0.25, 0.3) is 0 Å². The number of ketones is 1. The number of carbonyl (C=O) groups excluding carboxylic acids is 4. The summed E-state index contributed by atoms with van der Waals surface area (Å²) in [6, 6.07) is 7.79. The lowest BCUT2D eigenvalue weighted by Gasteiger charge is -2.31. The van der Waals surface area contributed by atoms with E-state index in [1.807, 2.05) is 46.8 Å². The number of likely N-dealkylation sites (tertiary alicyclic amines) is 1. The largest absolute Gasteiger partial charge is 0.497 e. The number of aromatic nitrogens is 3. The second-order valence-corrected chi connectivity index (χ2v) is 13.0. The summed E-state index contributed by atoms with van der Waals surface area (Å²) >= 11 is 0. The van der Waals surface area contributed by atoms with E-state index in [0.29, 0.717) is 36.4 Å². The Balaban J connectivity index is 1.47. The van der Waals surface area contributed by atoms with Gasteiger partial charge >= 0.3 is 0 Å². The van der Waals surface area contributed by atoms with Gasteiger partial charge in [0.15, 0.2) is 0 Å². The predicted molar refractivity (Wildman–Crippen MR) is 170 cm³/mol. The molecular weight excluding hydrogens is 588 g/mol. The molecule has 1 aromatic carbocycles. The van der Waals surface area contributed by atoms with Gasteiger partial charge in [-0.25, -0.2) is 0 Å². The molecule has 2 aromatic heterocycles. The third kappa shape index (κ3) is 7.43. The first-order valence-electron chi connectivity index (χ1n) is 15.6. The van der Waals surface area contributed by atoms with E-state index in [4.69, 9.17) is 9.15 Å². The standard InChI is InChI=1S/C34H44N6O6/c1-19(2)26(28(41)31-38-39-33(46-31)34(6,7)25-16-11-21(5)18-35-25)36-30(43)24-10-9-17-40(24)32(44)27(20(3)4)37-29(42)22-12-14-23(45-8)15-13-22/h11-16,18-20,24,26-27H,9-10,17H2,1-8H3,(H,36,43)(H,37,42)/t24-,26+,27-/m0/s1. The number of nitrogens with zero attached hydrogens (tertiary/aromatic N) is 4. The van der Waals surface area contributed by atoms with Gasteiger partial charge in [0.25, 0.3) is 11.8 Å². The quantitative estimate of drug-likeness (QED) is 0.283. The van der Waals surface area contributed by atoms with Crippen molar-refractivity contribution < 1.29 is 28.3 Å². The second kappa shape index (κ2) is 14.2. The van der Waals surface area contributed by atoms with Crippen molar-refractivity contribution in [1.82, 2.24) is 30.7 Å². The number of pyridine rings is 1. The van der Waals surface area contributed by atoms with Crippen LogP contribution in [-0.4, -0.2) is 75.4 Å². The number of amides is 3. The van der Waals surface area contributed by atoms with Crippen LogP contribution < -0.4 is 15.4 Å². The van der Waals surface area contributed by atoms with Crippen molar-refractivity contribution in [2.75, 3.05) is 13.7 Å². The fourth-order valence-electron chi connectivity index (χ4n) is 5.40. The van der Waals surface area contributed by atoms with Crippen molar-refractivity contribution in [3.8, 4) is 5.75 Å². The molecule has 46 heavy (non-hydrogen) atoms. The summed E-state index contributed by atoms with van der Waals surface area (Å²) in [5, 5.41) is 13.9. The molecule has 1 aliphatic rings. The third-order valence-corrected chi connectivity index (χ3v) is 8.38. The van der Waals surface area contributed by atoms with Gasteiger partial charge in [-0.1, -0.05) is 33.8 Å². The van der Waals surface area contributed by atoms with Gasteiger partial charge in [-0.3, -0.25) is 24.2 Å². The van der Waals surface area contributed by atoms with Crippen LogP contribution in [-0.2, 0) is 15.0 Å². The molecule has 4 rings (SSSR count). The molecule has 246 valence electrons. The first kappa shape index (κ1) is 34.3. The molecule has 1 saturated heterocycles. The van der Waals surface area contributed by atoms with Gasteiger partial charge < -0.3 is 24.7 Å². The molecule has 0 aliphatic carbocycles. The summed E-state index contributed by atoms with van der Waals surface area (Å²) in [6.07, 6.45) is 2.78. The lowest BCUT2D eigenvalue weighted by molar-refractivity contribution is -0.140. The van der Waals surface area contributed by atoms with Gasteiger partial charge in [0.05, 0.1) is 24.3 Å². The molecule has 12 heteroatoms. The Bertz CT molecular complexity index is 1550. The van der Waals surface area contributed by atoms with Crippen LogP contribution in [0, 0.1) is 18.8 Å². The summed E-state index contributed by atoms with van der Waals surface area (Å²) in [5.41, 5.74) is 1.35. The van der Waals surface area contributed by atoms with E-state index in [9.17, 15) is 19.2 Å². The van der Waals surface area contributed by atoms with Crippen LogP contribution in [0.15, 0.2) is 47.0 Å². The number of aryl methyl sites for hydroxylation is 1. The van der Waals surface area contributed by atoms with Gasteiger partial charge in [-0.2, -0.15) is 0 Å². The van der Waals surface area contributed by atoms with Gasteiger partial charge in [-0.05, 0) is 81.3 Å². The highest BCUT2D eigenvalue weighted by Crippen LogP contribution is 2.29. The highest BCUT2D eigenvalue weighted by Gasteiger charge is 2.41. The molecule has 3 atom stereocenters. The molecule has 3 aromatic rings. The third-order valence-electron chi connectivity index (χ3n) is 8.38. The summed E-state index contributed by atoms with van der Waals surface area (Å²) in [6.45, 7) is 13.3. The lowest BCUT2D eigenvalue weighted by Crippen LogP contribution is -2.57. The second-order valence-electron chi connectivity index (χ2n) is 13.0. The normalized spacial score (nSPS) is 16.3. The van der Waals surface area contributed by atoms with Crippen LogP contribution in [0.1, 0.15) is 92.6 Å². The van der Waals surface area contributed by atoms with Crippen molar-refractivity contribution in [2.24, 2.45) is 11.8 Å². The molecule has 1 fully saturated rings. The molecule has 1 aliphatic heterocycles. The minimum Gasteiger partial charge on any atom is -0.497 e. The van der Waals surface area contributed by atoms with E-state index >= 15 is 0 Å². The Labute approximate surface area is 269 Å². The van der Waals surface area contributed by atoms with Gasteiger partial charge in [0.1, 0.15) is 17.8 Å². The Morgan fingerprint density at radius 2 is 1.63 bits per heavy atom. The average Bonchev–Trinajstić information content (AvgIpc) is 3.73. The molecule has 3 amide bonds. The highest BCUT2D eigenvalue weighted by atomic mass is 16.5. The molecule has 12 nitrogen and oxygen atoms in total. The highest BCUT2D eigenvalue weighted by molar-refractivity contribution is 6.01. The van der Waals surface area contributed by atoms with E-state index in [0.717, 1.165) is 5.56 Å². The maximum absolute atomic E-state index is 13.8. The number of benzene rings is 1. The fourth-order valence-corrected chi connectivity index (χ4v) is 5.40. The number of methoxy groups -OCH3 is 1. The number of hydrogen-bond donors (Lipinski definition) is 2. The van der Waals surface area contributed by atoms with E-state index in [1.165, 1.54) is 12.0 Å². The number of rotatable bonds is 12. The zero-order valence-corrected chi connectivity index (χ0v) is 27.8. The summed E-state index contributed by atoms with van der Waals surface area (Å²) < 4.78 is 11.0. The van der Waals surface area contributed by atoms with Crippen LogP contribution in [0.3, 0.4) is 0 Å². The number of ether oxygens (including phenoxy) is 1. The van der Waals surface area contributed by atoms with Crippen LogP contribution >= 0.6 is 0 Å². The molecule has 3 heterocycles. The van der Waals surface area contributed by atoms with Gasteiger partial charge in [0, 0.05) is 18.3 Å². The first-order chi connectivity index (χ1) is 21.7. The van der Waals surface area contributed by atoms with Crippen molar-refractivity contribution in [1.29, 1.82) is 0 Å². The van der Waals surface area contributed by atoms with Crippen molar-refractivity contribution in [3.63, 3.8) is 0 Å². The topological polar surface area (TPSA) is 157 Å². The van der Waals surface area contributed by atoms with E-state index in [2.05, 4.69) is 25.8 Å². The monoisotopic (exact) mass is 632 g/mol. The summed E-state index contributed by atoms with van der Waals surface area (Å²) in [4.78, 5) is 60.0.